The third-order valence-electron chi connectivity index (χ3n) is 11.5. The first-order valence-electron chi connectivity index (χ1n) is 19.3. The number of hydrogen-bond acceptors (Lipinski definition) is 6. The second kappa shape index (κ2) is 12.7. The molecule has 0 radical (unpaired) electrons. The van der Waals surface area contributed by atoms with E-state index in [4.69, 9.17) is 19.4 Å². The van der Waals surface area contributed by atoms with E-state index in [0.717, 1.165) is 55.6 Å². The third kappa shape index (κ3) is 5.18. The molecule has 0 bridgehead atoms. The van der Waals surface area contributed by atoms with Gasteiger partial charge in [0.05, 0.1) is 11.7 Å². The summed E-state index contributed by atoms with van der Waals surface area (Å²) in [7, 11) is 0. The molecule has 0 saturated carbocycles. The van der Waals surface area contributed by atoms with Gasteiger partial charge in [0.15, 0.2) is 17.5 Å². The van der Waals surface area contributed by atoms with Crippen molar-refractivity contribution in [2.24, 2.45) is 0 Å². The van der Waals surface area contributed by atoms with Crippen LogP contribution in [0.5, 0.6) is 0 Å². The average molecular weight is 749 g/mol. The second-order valence-electron chi connectivity index (χ2n) is 14.7. The van der Waals surface area contributed by atoms with E-state index in [9.17, 15) is 0 Å². The molecule has 1 aliphatic carbocycles. The number of allylic oxidation sites excluding steroid dienone is 2. The Morgan fingerprint density at radius 2 is 1.18 bits per heavy atom. The zero-order valence-electron chi connectivity index (χ0n) is 30.6. The monoisotopic (exact) mass is 748 g/mol. The minimum Gasteiger partial charge on any atom is -0.456 e. The molecule has 2 unspecified atom stereocenters. The maximum atomic E-state index is 6.54. The lowest BCUT2D eigenvalue weighted by Gasteiger charge is -2.29. The molecule has 3 aromatic heterocycles. The number of para-hydroxylation sites is 2. The molecular weight excluding hydrogens is 717 g/mol. The lowest BCUT2D eigenvalue weighted by atomic mass is 9.91. The topological polar surface area (TPSA) is 55.1 Å². The van der Waals surface area contributed by atoms with Crippen molar-refractivity contribution in [1.29, 1.82) is 0 Å². The predicted octanol–water partition coefficient (Wildman–Crippen LogP) is 13.5. The minimum absolute atomic E-state index is 0.151. The molecule has 0 fully saturated rings. The Labute approximate surface area is 332 Å². The van der Waals surface area contributed by atoms with Crippen LogP contribution in [0.25, 0.3) is 87.4 Å². The molecule has 0 amide bonds. The number of aromatic nitrogens is 3. The highest BCUT2D eigenvalue weighted by Gasteiger charge is 2.39. The first kappa shape index (κ1) is 32.1. The van der Waals surface area contributed by atoms with Crippen molar-refractivity contribution in [1.82, 2.24) is 15.0 Å². The second-order valence-corrected chi connectivity index (χ2v) is 15.8. The van der Waals surface area contributed by atoms with Crippen LogP contribution in [0.1, 0.15) is 11.5 Å². The molecule has 7 aromatic carbocycles. The van der Waals surface area contributed by atoms with Gasteiger partial charge in [-0.25, -0.2) is 15.0 Å². The lowest BCUT2D eigenvalue weighted by molar-refractivity contribution is 0.669. The van der Waals surface area contributed by atoms with Gasteiger partial charge in [0, 0.05) is 59.2 Å². The standard InChI is InChI=1S/C51H32N4OS/c1-3-12-31(13-4-1)49-52-50(54-51(53-49)40-19-11-18-39-36-16-7-9-20-43(36)55(48(39)40)35-14-5-2-6-15-35)34-22-25-37-41-28-32(23-26-44(41)56-45(37)30-34)33-24-27-47-42(29-33)38-17-8-10-21-46(38)57-47/h1-30,36,43H. The highest BCUT2D eigenvalue weighted by molar-refractivity contribution is 7.25. The van der Waals surface area contributed by atoms with Crippen molar-refractivity contribution >= 4 is 64.8 Å². The van der Waals surface area contributed by atoms with Crippen molar-refractivity contribution in [2.75, 3.05) is 4.90 Å². The number of nitrogens with zero attached hydrogens (tertiary/aromatic N) is 4. The molecule has 0 N–H and O–H groups in total. The summed E-state index contributed by atoms with van der Waals surface area (Å²) in [5.41, 5.74) is 10.3. The van der Waals surface area contributed by atoms with Crippen molar-refractivity contribution < 1.29 is 4.42 Å². The first-order valence-corrected chi connectivity index (χ1v) is 20.1. The van der Waals surface area contributed by atoms with Gasteiger partial charge in [-0.1, -0.05) is 121 Å². The van der Waals surface area contributed by atoms with Gasteiger partial charge in [0.1, 0.15) is 11.2 Å². The van der Waals surface area contributed by atoms with Crippen molar-refractivity contribution in [3.05, 3.63) is 188 Å². The maximum absolute atomic E-state index is 6.54. The van der Waals surface area contributed by atoms with E-state index >= 15 is 0 Å². The van der Waals surface area contributed by atoms with Gasteiger partial charge in [0.25, 0.3) is 0 Å². The van der Waals surface area contributed by atoms with E-state index in [1.54, 1.807) is 0 Å². The normalized spacial score (nSPS) is 15.9. The number of hydrogen-bond donors (Lipinski definition) is 0. The Balaban J connectivity index is 0.992. The molecule has 0 saturated heterocycles. The molecule has 0 spiro atoms. The maximum Gasteiger partial charge on any atom is 0.166 e. The van der Waals surface area contributed by atoms with Crippen LogP contribution >= 0.6 is 11.3 Å². The van der Waals surface area contributed by atoms with E-state index < -0.39 is 0 Å². The van der Waals surface area contributed by atoms with Gasteiger partial charge < -0.3 is 9.32 Å². The molecule has 268 valence electrons. The third-order valence-corrected chi connectivity index (χ3v) is 12.6. The summed E-state index contributed by atoms with van der Waals surface area (Å²) in [5, 5.41) is 4.73. The van der Waals surface area contributed by atoms with Crippen LogP contribution in [0.4, 0.5) is 11.4 Å². The van der Waals surface area contributed by atoms with Gasteiger partial charge in [-0.2, -0.15) is 0 Å². The summed E-state index contributed by atoms with van der Waals surface area (Å²) in [6.45, 7) is 0. The highest BCUT2D eigenvalue weighted by atomic mass is 32.1. The Kier molecular flexibility index (Phi) is 7.16. The smallest absolute Gasteiger partial charge is 0.166 e. The van der Waals surface area contributed by atoms with Crippen molar-refractivity contribution in [3.63, 3.8) is 0 Å². The van der Waals surface area contributed by atoms with Gasteiger partial charge in [-0.15, -0.1) is 11.3 Å². The summed E-state index contributed by atoms with van der Waals surface area (Å²) in [5.74, 6) is 2.07. The quantitative estimate of drug-likeness (QED) is 0.175. The van der Waals surface area contributed by atoms with Crippen molar-refractivity contribution in [2.45, 2.75) is 12.0 Å². The summed E-state index contributed by atoms with van der Waals surface area (Å²) >= 11 is 1.84. The molecule has 12 rings (SSSR count). The van der Waals surface area contributed by atoms with E-state index in [1.807, 2.05) is 29.5 Å². The summed E-state index contributed by atoms with van der Waals surface area (Å²) < 4.78 is 9.15. The number of benzene rings is 7. The van der Waals surface area contributed by atoms with Crippen LogP contribution in [0.3, 0.4) is 0 Å². The van der Waals surface area contributed by atoms with E-state index in [1.165, 1.54) is 31.3 Å². The fourth-order valence-electron chi connectivity index (χ4n) is 8.79. The Bertz CT molecular complexity index is 3270. The van der Waals surface area contributed by atoms with E-state index in [0.29, 0.717) is 17.5 Å². The first-order chi connectivity index (χ1) is 28.2. The zero-order valence-corrected chi connectivity index (χ0v) is 31.4. The SMILES string of the molecule is C1=CC2c3cccc(-c4nc(-c5ccccc5)nc(-c5ccc6c(c5)oc5ccc(-c7ccc8sc9ccccc9c8c7)cc56)n4)c3N(c3ccccc3)C2C=C1. The van der Waals surface area contributed by atoms with Crippen molar-refractivity contribution in [3.8, 4) is 45.3 Å². The van der Waals surface area contributed by atoms with E-state index in [-0.39, 0.29) is 12.0 Å². The Hall–Kier alpha value is -7.15. The van der Waals surface area contributed by atoms with E-state index in [2.05, 4.69) is 169 Å². The molecular formula is C51H32N4OS. The van der Waals surface area contributed by atoms with Crippen LogP contribution in [0.2, 0.25) is 0 Å². The fourth-order valence-corrected chi connectivity index (χ4v) is 9.88. The number of anilines is 2. The van der Waals surface area contributed by atoms with Gasteiger partial charge >= 0.3 is 0 Å². The Morgan fingerprint density at radius 1 is 0.474 bits per heavy atom. The van der Waals surface area contributed by atoms with Crippen LogP contribution in [-0.4, -0.2) is 21.0 Å². The van der Waals surface area contributed by atoms with Gasteiger partial charge in [-0.05, 0) is 77.4 Å². The largest absolute Gasteiger partial charge is 0.456 e. The van der Waals surface area contributed by atoms with Crippen LogP contribution in [0.15, 0.2) is 186 Å². The zero-order chi connectivity index (χ0) is 37.5. The molecule has 1 aliphatic heterocycles. The molecule has 2 aliphatic rings. The fraction of sp³-hybridized carbons (Fsp3) is 0.0392. The average Bonchev–Trinajstić information content (AvgIpc) is 3.95. The minimum atomic E-state index is 0.151. The number of furan rings is 1. The highest BCUT2D eigenvalue weighted by Crippen LogP contribution is 2.51. The van der Waals surface area contributed by atoms with Crippen LogP contribution < -0.4 is 4.90 Å². The number of rotatable bonds is 5. The molecule has 10 aromatic rings. The number of fused-ring (bicyclic) bond motifs is 9. The van der Waals surface area contributed by atoms with Crippen LogP contribution in [0, 0.1) is 0 Å². The number of thiophene rings is 1. The summed E-state index contributed by atoms with van der Waals surface area (Å²) in [6.07, 6.45) is 8.91. The molecule has 5 nitrogen and oxygen atoms in total. The summed E-state index contributed by atoms with van der Waals surface area (Å²) in [6, 6.07) is 55.7. The predicted molar refractivity (Wildman–Crippen MR) is 235 cm³/mol. The summed E-state index contributed by atoms with van der Waals surface area (Å²) in [4.78, 5) is 18.0. The van der Waals surface area contributed by atoms with Gasteiger partial charge in [-0.3, -0.25) is 0 Å². The lowest BCUT2D eigenvalue weighted by Crippen LogP contribution is -2.28. The van der Waals surface area contributed by atoms with Crippen LogP contribution in [-0.2, 0) is 0 Å². The van der Waals surface area contributed by atoms with Gasteiger partial charge in [0.2, 0.25) is 0 Å². The molecule has 2 atom stereocenters. The Morgan fingerprint density at radius 3 is 2.05 bits per heavy atom. The molecule has 6 heteroatoms. The molecule has 4 heterocycles. The molecule has 57 heavy (non-hydrogen) atoms.